The summed E-state index contributed by atoms with van der Waals surface area (Å²) < 4.78 is 6.28. The van der Waals surface area contributed by atoms with Crippen LogP contribution in [0.25, 0.3) is 0 Å². The van der Waals surface area contributed by atoms with Crippen LogP contribution in [0.3, 0.4) is 0 Å². The summed E-state index contributed by atoms with van der Waals surface area (Å²) in [4.78, 5) is 0. The fourth-order valence-corrected chi connectivity index (χ4v) is 2.85. The summed E-state index contributed by atoms with van der Waals surface area (Å²) in [6.07, 6.45) is 5.40. The Bertz CT molecular complexity index is 228. The summed E-state index contributed by atoms with van der Waals surface area (Å²) in [5.41, 5.74) is 0.243. The normalized spacial score (nSPS) is 30.9. The van der Waals surface area contributed by atoms with Gasteiger partial charge in [0.05, 0.1) is 11.7 Å². The summed E-state index contributed by atoms with van der Waals surface area (Å²) in [5.74, 6) is 0.796. The fourth-order valence-electron chi connectivity index (χ4n) is 2.85. The average molecular weight is 241 g/mol. The Morgan fingerprint density at radius 3 is 2.47 bits per heavy atom. The number of ether oxygens (including phenoxy) is 1. The molecule has 1 aliphatic carbocycles. The van der Waals surface area contributed by atoms with Gasteiger partial charge in [-0.1, -0.05) is 19.8 Å². The van der Waals surface area contributed by atoms with Crippen LogP contribution in [0.5, 0.6) is 0 Å². The molecule has 0 aliphatic heterocycles. The predicted molar refractivity (Wildman–Crippen MR) is 74.3 cm³/mol. The van der Waals surface area contributed by atoms with Crippen LogP contribution in [-0.4, -0.2) is 23.8 Å². The third-order valence-electron chi connectivity index (χ3n) is 3.48. The minimum absolute atomic E-state index is 0.0686. The molecule has 0 aromatic rings. The second-order valence-electron chi connectivity index (χ2n) is 7.15. The zero-order chi connectivity index (χ0) is 13.1. The van der Waals surface area contributed by atoms with Crippen molar-refractivity contribution in [3.63, 3.8) is 0 Å². The Labute approximate surface area is 108 Å². The molecule has 0 aromatic heterocycles. The lowest BCUT2D eigenvalue weighted by Crippen LogP contribution is -2.52. The highest BCUT2D eigenvalue weighted by Gasteiger charge is 2.37. The Kier molecular flexibility index (Phi) is 5.03. The lowest BCUT2D eigenvalue weighted by atomic mass is 9.78. The van der Waals surface area contributed by atoms with Crippen LogP contribution in [0.1, 0.15) is 67.2 Å². The monoisotopic (exact) mass is 241 g/mol. The van der Waals surface area contributed by atoms with Gasteiger partial charge in [-0.25, -0.2) is 0 Å². The first kappa shape index (κ1) is 15.0. The van der Waals surface area contributed by atoms with E-state index in [-0.39, 0.29) is 11.1 Å². The van der Waals surface area contributed by atoms with E-state index in [1.165, 1.54) is 25.7 Å². The molecule has 0 spiro atoms. The molecule has 0 amide bonds. The van der Waals surface area contributed by atoms with E-state index in [0.717, 1.165) is 12.5 Å². The summed E-state index contributed by atoms with van der Waals surface area (Å²) in [6, 6.07) is 0. The van der Waals surface area contributed by atoms with Crippen LogP contribution in [0.15, 0.2) is 0 Å². The molecule has 2 atom stereocenters. The molecular formula is C15H31NO. The van der Waals surface area contributed by atoms with Gasteiger partial charge in [0.1, 0.15) is 0 Å². The molecular weight excluding hydrogens is 210 g/mol. The zero-order valence-corrected chi connectivity index (χ0v) is 12.6. The van der Waals surface area contributed by atoms with Crippen LogP contribution in [0.4, 0.5) is 0 Å². The molecule has 17 heavy (non-hydrogen) atoms. The topological polar surface area (TPSA) is 21.3 Å². The molecule has 0 radical (unpaired) electrons. The van der Waals surface area contributed by atoms with Gasteiger partial charge in [0.25, 0.3) is 0 Å². The van der Waals surface area contributed by atoms with Gasteiger partial charge in [-0.15, -0.1) is 0 Å². The van der Waals surface area contributed by atoms with Crippen molar-refractivity contribution in [2.75, 3.05) is 6.54 Å². The van der Waals surface area contributed by atoms with Crippen molar-refractivity contribution in [1.29, 1.82) is 0 Å². The highest BCUT2D eigenvalue weighted by molar-refractivity contribution is 4.91. The summed E-state index contributed by atoms with van der Waals surface area (Å²) in [6.45, 7) is 14.3. The van der Waals surface area contributed by atoms with E-state index in [0.29, 0.717) is 6.10 Å². The van der Waals surface area contributed by atoms with E-state index < -0.39 is 0 Å². The van der Waals surface area contributed by atoms with Gasteiger partial charge in [0.15, 0.2) is 0 Å². The van der Waals surface area contributed by atoms with Crippen LogP contribution < -0.4 is 5.32 Å². The second-order valence-corrected chi connectivity index (χ2v) is 7.15. The van der Waals surface area contributed by atoms with Crippen molar-refractivity contribution < 1.29 is 4.74 Å². The van der Waals surface area contributed by atoms with E-state index in [2.05, 4.69) is 46.9 Å². The molecule has 2 nitrogen and oxygen atoms in total. The second kappa shape index (κ2) is 5.71. The quantitative estimate of drug-likeness (QED) is 0.809. The molecule has 0 aromatic carbocycles. The molecule has 1 N–H and O–H groups in total. The lowest BCUT2D eigenvalue weighted by Gasteiger charge is -2.43. The number of hydrogen-bond acceptors (Lipinski definition) is 2. The Balaban J connectivity index is 2.64. The summed E-state index contributed by atoms with van der Waals surface area (Å²) >= 11 is 0. The molecule has 1 rings (SSSR count). The van der Waals surface area contributed by atoms with E-state index in [1.54, 1.807) is 0 Å². The predicted octanol–water partition coefficient (Wildman–Crippen LogP) is 3.75. The summed E-state index contributed by atoms with van der Waals surface area (Å²) in [5, 5.41) is 3.63. The first-order valence-electron chi connectivity index (χ1n) is 7.15. The van der Waals surface area contributed by atoms with Gasteiger partial charge in [0.2, 0.25) is 0 Å². The van der Waals surface area contributed by atoms with Crippen LogP contribution in [-0.2, 0) is 4.74 Å². The lowest BCUT2D eigenvalue weighted by molar-refractivity contribution is -0.110. The average Bonchev–Trinajstić information content (AvgIpc) is 2.12. The van der Waals surface area contributed by atoms with Gasteiger partial charge in [0, 0.05) is 12.1 Å². The zero-order valence-electron chi connectivity index (χ0n) is 12.6. The van der Waals surface area contributed by atoms with Crippen molar-refractivity contribution in [2.24, 2.45) is 5.92 Å². The minimum atomic E-state index is 0.0686. The number of rotatable bonds is 4. The molecule has 1 saturated carbocycles. The van der Waals surface area contributed by atoms with Crippen molar-refractivity contribution >= 4 is 0 Å². The van der Waals surface area contributed by atoms with Gasteiger partial charge in [-0.3, -0.25) is 0 Å². The maximum atomic E-state index is 6.28. The molecule has 102 valence electrons. The molecule has 0 heterocycles. The van der Waals surface area contributed by atoms with Crippen molar-refractivity contribution in [2.45, 2.75) is 84.5 Å². The summed E-state index contributed by atoms with van der Waals surface area (Å²) in [7, 11) is 0. The highest BCUT2D eigenvalue weighted by atomic mass is 16.5. The van der Waals surface area contributed by atoms with Crippen molar-refractivity contribution in [1.82, 2.24) is 5.32 Å². The number of hydrogen-bond donors (Lipinski definition) is 1. The van der Waals surface area contributed by atoms with Gasteiger partial charge < -0.3 is 10.1 Å². The maximum absolute atomic E-state index is 6.28. The van der Waals surface area contributed by atoms with E-state index in [4.69, 9.17) is 4.74 Å². The van der Waals surface area contributed by atoms with Gasteiger partial charge in [-0.05, 0) is 53.4 Å². The smallest absolute Gasteiger partial charge is 0.0812 e. The van der Waals surface area contributed by atoms with E-state index in [9.17, 15) is 0 Å². The Hall–Kier alpha value is -0.0800. The molecule has 2 unspecified atom stereocenters. The molecule has 0 saturated heterocycles. The number of nitrogens with one attached hydrogen (secondary N) is 1. The molecule has 1 aliphatic rings. The van der Waals surface area contributed by atoms with Crippen LogP contribution in [0, 0.1) is 5.92 Å². The van der Waals surface area contributed by atoms with Gasteiger partial charge in [-0.2, -0.15) is 0 Å². The SMILES string of the molecule is CC1CCCC(CNC(C)(C)C)(OC(C)C)C1. The molecule has 1 fully saturated rings. The minimum Gasteiger partial charge on any atom is -0.371 e. The van der Waals surface area contributed by atoms with Crippen LogP contribution in [0.2, 0.25) is 0 Å². The van der Waals surface area contributed by atoms with Crippen molar-refractivity contribution in [3.8, 4) is 0 Å². The van der Waals surface area contributed by atoms with E-state index in [1.807, 2.05) is 0 Å². The first-order chi connectivity index (χ1) is 7.72. The molecule has 0 bridgehead atoms. The third kappa shape index (κ3) is 5.39. The third-order valence-corrected chi connectivity index (χ3v) is 3.48. The fraction of sp³-hybridized carbons (Fsp3) is 1.00. The Morgan fingerprint density at radius 2 is 2.00 bits per heavy atom. The highest BCUT2D eigenvalue weighted by Crippen LogP contribution is 2.36. The van der Waals surface area contributed by atoms with Crippen LogP contribution >= 0.6 is 0 Å². The Morgan fingerprint density at radius 1 is 1.35 bits per heavy atom. The van der Waals surface area contributed by atoms with Gasteiger partial charge >= 0.3 is 0 Å². The largest absolute Gasteiger partial charge is 0.371 e. The standard InChI is InChI=1S/C15H31NO/c1-12(2)17-15(11-16-14(4,5)6)9-7-8-13(3)10-15/h12-13,16H,7-11H2,1-6H3. The van der Waals surface area contributed by atoms with E-state index >= 15 is 0 Å². The van der Waals surface area contributed by atoms with Crippen molar-refractivity contribution in [3.05, 3.63) is 0 Å². The molecule has 2 heteroatoms. The first-order valence-corrected chi connectivity index (χ1v) is 7.15. The maximum Gasteiger partial charge on any atom is 0.0812 e.